The Bertz CT molecular complexity index is 583. The molecule has 3 nitrogen and oxygen atoms in total. The first-order chi connectivity index (χ1) is 11.1. The molecular formula is C20H28N2O. The molecule has 2 aromatic carbocycles. The summed E-state index contributed by atoms with van der Waals surface area (Å²) in [6, 6.07) is 19.4. The summed E-state index contributed by atoms with van der Waals surface area (Å²) in [5, 5.41) is 13.1. The Kier molecular flexibility index (Phi) is 6.78. The SMILES string of the molecule is CC(NC(Cc1ccccc1)CN(C)C)c1cccc(CO)c1. The molecule has 0 aromatic heterocycles. The predicted molar refractivity (Wildman–Crippen MR) is 96.4 cm³/mol. The van der Waals surface area contributed by atoms with Crippen LogP contribution in [0, 0.1) is 0 Å². The first-order valence-electron chi connectivity index (χ1n) is 8.23. The topological polar surface area (TPSA) is 35.5 Å². The van der Waals surface area contributed by atoms with Gasteiger partial charge in [-0.25, -0.2) is 0 Å². The van der Waals surface area contributed by atoms with Crippen molar-refractivity contribution in [2.75, 3.05) is 20.6 Å². The van der Waals surface area contributed by atoms with Crippen molar-refractivity contribution >= 4 is 0 Å². The molecule has 0 saturated carbocycles. The Morgan fingerprint density at radius 1 is 1.00 bits per heavy atom. The van der Waals surface area contributed by atoms with Crippen molar-refractivity contribution in [1.29, 1.82) is 0 Å². The van der Waals surface area contributed by atoms with Crippen LogP contribution in [0.3, 0.4) is 0 Å². The smallest absolute Gasteiger partial charge is 0.0681 e. The van der Waals surface area contributed by atoms with Gasteiger partial charge in [-0.1, -0.05) is 54.6 Å². The molecule has 2 atom stereocenters. The second kappa shape index (κ2) is 8.82. The molecule has 2 rings (SSSR count). The van der Waals surface area contributed by atoms with Crippen LogP contribution in [-0.2, 0) is 13.0 Å². The third-order valence-corrected chi connectivity index (χ3v) is 4.03. The van der Waals surface area contributed by atoms with Gasteiger partial charge in [0.15, 0.2) is 0 Å². The summed E-state index contributed by atoms with van der Waals surface area (Å²) in [6.07, 6.45) is 1.00. The van der Waals surface area contributed by atoms with Gasteiger partial charge in [0.05, 0.1) is 6.61 Å². The van der Waals surface area contributed by atoms with Gasteiger partial charge in [-0.05, 0) is 44.1 Å². The average Bonchev–Trinajstić information content (AvgIpc) is 2.55. The molecule has 3 heteroatoms. The fourth-order valence-electron chi connectivity index (χ4n) is 2.93. The van der Waals surface area contributed by atoms with Crippen LogP contribution in [0.5, 0.6) is 0 Å². The van der Waals surface area contributed by atoms with E-state index in [1.165, 1.54) is 11.1 Å². The van der Waals surface area contributed by atoms with Gasteiger partial charge in [0.2, 0.25) is 0 Å². The normalized spacial score (nSPS) is 14.0. The van der Waals surface area contributed by atoms with E-state index in [2.05, 4.69) is 73.7 Å². The molecule has 0 radical (unpaired) electrons. The first kappa shape index (κ1) is 17.7. The second-order valence-electron chi connectivity index (χ2n) is 6.44. The van der Waals surface area contributed by atoms with Gasteiger partial charge >= 0.3 is 0 Å². The van der Waals surface area contributed by atoms with E-state index >= 15 is 0 Å². The van der Waals surface area contributed by atoms with Crippen molar-refractivity contribution in [1.82, 2.24) is 10.2 Å². The number of rotatable bonds is 8. The zero-order valence-corrected chi connectivity index (χ0v) is 14.4. The van der Waals surface area contributed by atoms with Crippen LogP contribution >= 0.6 is 0 Å². The molecule has 124 valence electrons. The molecule has 2 N–H and O–H groups in total. The van der Waals surface area contributed by atoms with Crippen LogP contribution in [0.15, 0.2) is 54.6 Å². The van der Waals surface area contributed by atoms with E-state index in [0.29, 0.717) is 6.04 Å². The summed E-state index contributed by atoms with van der Waals surface area (Å²) >= 11 is 0. The highest BCUT2D eigenvalue weighted by molar-refractivity contribution is 5.25. The second-order valence-corrected chi connectivity index (χ2v) is 6.44. The van der Waals surface area contributed by atoms with Crippen LogP contribution in [0.2, 0.25) is 0 Å². The van der Waals surface area contributed by atoms with Gasteiger partial charge in [0.25, 0.3) is 0 Å². The number of nitrogens with zero attached hydrogens (tertiary/aromatic N) is 1. The number of hydrogen-bond acceptors (Lipinski definition) is 3. The van der Waals surface area contributed by atoms with Crippen LogP contribution in [0.4, 0.5) is 0 Å². The Morgan fingerprint density at radius 3 is 2.35 bits per heavy atom. The van der Waals surface area contributed by atoms with E-state index < -0.39 is 0 Å². The van der Waals surface area contributed by atoms with E-state index in [4.69, 9.17) is 0 Å². The summed E-state index contributed by atoms with van der Waals surface area (Å²) in [5.41, 5.74) is 3.53. The molecule has 23 heavy (non-hydrogen) atoms. The van der Waals surface area contributed by atoms with Gasteiger partial charge in [0.1, 0.15) is 0 Å². The summed E-state index contributed by atoms with van der Waals surface area (Å²) in [4.78, 5) is 2.22. The maximum Gasteiger partial charge on any atom is 0.0681 e. The number of aliphatic hydroxyl groups excluding tert-OH is 1. The summed E-state index contributed by atoms with van der Waals surface area (Å²) in [5.74, 6) is 0. The third kappa shape index (κ3) is 5.79. The van der Waals surface area contributed by atoms with Crippen LogP contribution < -0.4 is 5.32 Å². The lowest BCUT2D eigenvalue weighted by atomic mass is 10.0. The molecule has 0 bridgehead atoms. The van der Waals surface area contributed by atoms with Gasteiger partial charge in [-0.15, -0.1) is 0 Å². The Labute approximate surface area is 140 Å². The van der Waals surface area contributed by atoms with E-state index in [1.54, 1.807) is 0 Å². The molecule has 2 aromatic rings. The standard InChI is InChI=1S/C20H28N2O/c1-16(19-11-7-10-18(12-19)15-23)21-20(14-22(2)3)13-17-8-5-4-6-9-17/h4-12,16,20-21,23H,13-15H2,1-3H3. The van der Waals surface area contributed by atoms with Crippen LogP contribution in [0.25, 0.3) is 0 Å². The number of aliphatic hydroxyl groups is 1. The summed E-state index contributed by atoms with van der Waals surface area (Å²) in [6.45, 7) is 3.26. The lowest BCUT2D eigenvalue weighted by molar-refractivity contribution is 0.281. The highest BCUT2D eigenvalue weighted by Gasteiger charge is 2.15. The molecule has 0 heterocycles. The minimum atomic E-state index is 0.0890. The van der Waals surface area contributed by atoms with Gasteiger partial charge in [-0.2, -0.15) is 0 Å². The van der Waals surface area contributed by atoms with Crippen molar-refractivity contribution in [2.45, 2.75) is 32.0 Å². The zero-order chi connectivity index (χ0) is 16.7. The first-order valence-corrected chi connectivity index (χ1v) is 8.23. The summed E-state index contributed by atoms with van der Waals surface area (Å²) in [7, 11) is 4.22. The predicted octanol–water partition coefficient (Wildman–Crippen LogP) is 3.00. The largest absolute Gasteiger partial charge is 0.392 e. The maximum absolute atomic E-state index is 9.31. The van der Waals surface area contributed by atoms with Gasteiger partial charge < -0.3 is 15.3 Å². The Hall–Kier alpha value is -1.68. The van der Waals surface area contributed by atoms with Crippen molar-refractivity contribution in [2.24, 2.45) is 0 Å². The van der Waals surface area contributed by atoms with Crippen molar-refractivity contribution in [3.63, 3.8) is 0 Å². The average molecular weight is 312 g/mol. The molecule has 0 fully saturated rings. The number of hydrogen-bond donors (Lipinski definition) is 2. The lowest BCUT2D eigenvalue weighted by Crippen LogP contribution is -2.41. The fraction of sp³-hybridized carbons (Fsp3) is 0.400. The Balaban J connectivity index is 2.06. The van der Waals surface area contributed by atoms with Crippen molar-refractivity contribution in [3.8, 4) is 0 Å². The monoisotopic (exact) mass is 312 g/mol. The minimum absolute atomic E-state index is 0.0890. The van der Waals surface area contributed by atoms with Gasteiger partial charge in [-0.3, -0.25) is 0 Å². The molecule has 2 unspecified atom stereocenters. The van der Waals surface area contributed by atoms with E-state index in [9.17, 15) is 5.11 Å². The highest BCUT2D eigenvalue weighted by Crippen LogP contribution is 2.16. The molecule has 0 aliphatic heterocycles. The summed E-state index contributed by atoms with van der Waals surface area (Å²) < 4.78 is 0. The minimum Gasteiger partial charge on any atom is -0.392 e. The molecule has 0 spiro atoms. The van der Waals surface area contributed by atoms with Crippen molar-refractivity contribution < 1.29 is 5.11 Å². The van der Waals surface area contributed by atoms with E-state index in [0.717, 1.165) is 18.5 Å². The number of benzene rings is 2. The van der Waals surface area contributed by atoms with Crippen LogP contribution in [0.1, 0.15) is 29.7 Å². The maximum atomic E-state index is 9.31. The molecular weight excluding hydrogens is 284 g/mol. The lowest BCUT2D eigenvalue weighted by Gasteiger charge is -2.26. The van der Waals surface area contributed by atoms with E-state index in [1.807, 2.05) is 12.1 Å². The number of likely N-dealkylation sites (N-methyl/N-ethyl adjacent to an activating group) is 1. The number of nitrogens with one attached hydrogen (secondary N) is 1. The third-order valence-electron chi connectivity index (χ3n) is 4.03. The van der Waals surface area contributed by atoms with E-state index in [-0.39, 0.29) is 12.6 Å². The molecule has 0 saturated heterocycles. The van der Waals surface area contributed by atoms with Crippen LogP contribution in [-0.4, -0.2) is 36.7 Å². The highest BCUT2D eigenvalue weighted by atomic mass is 16.3. The van der Waals surface area contributed by atoms with Crippen molar-refractivity contribution in [3.05, 3.63) is 71.3 Å². The molecule has 0 amide bonds. The fourth-order valence-corrected chi connectivity index (χ4v) is 2.93. The molecule has 0 aliphatic rings. The molecule has 0 aliphatic carbocycles. The Morgan fingerprint density at radius 2 is 1.70 bits per heavy atom. The zero-order valence-electron chi connectivity index (χ0n) is 14.4. The van der Waals surface area contributed by atoms with Gasteiger partial charge in [0, 0.05) is 18.6 Å². The quantitative estimate of drug-likeness (QED) is 0.786.